The van der Waals surface area contributed by atoms with Crippen LogP contribution in [0.15, 0.2) is 53.7 Å². The molecule has 0 saturated heterocycles. The van der Waals surface area contributed by atoms with Crippen molar-refractivity contribution in [1.82, 2.24) is 10.3 Å². The summed E-state index contributed by atoms with van der Waals surface area (Å²) in [7, 11) is 1.88. The first kappa shape index (κ1) is 16.3. The molecule has 0 aliphatic rings. The molecule has 112 valence electrons. The van der Waals surface area contributed by atoms with Gasteiger partial charge in [-0.25, -0.2) is 4.98 Å². The topological polar surface area (TPSA) is 45.1 Å². The standard InChI is InChI=1S/C16H19ClN2OS/c1-18-16(12-20,13-5-3-2-4-6-13)9-10-21-15-8-7-14(17)11-19-15/h2-8,11,18,20H,9-10,12H2,1H3. The van der Waals surface area contributed by atoms with E-state index in [-0.39, 0.29) is 6.61 Å². The van der Waals surface area contributed by atoms with E-state index in [1.165, 1.54) is 0 Å². The average molecular weight is 323 g/mol. The van der Waals surface area contributed by atoms with Crippen LogP contribution in [0.4, 0.5) is 0 Å². The fourth-order valence-electron chi connectivity index (χ4n) is 2.20. The predicted molar refractivity (Wildman–Crippen MR) is 88.9 cm³/mol. The molecule has 1 unspecified atom stereocenters. The summed E-state index contributed by atoms with van der Waals surface area (Å²) >= 11 is 7.49. The molecule has 0 amide bonds. The second-order valence-electron chi connectivity index (χ2n) is 4.77. The van der Waals surface area contributed by atoms with Crippen molar-refractivity contribution in [2.75, 3.05) is 19.4 Å². The maximum Gasteiger partial charge on any atom is 0.0960 e. The summed E-state index contributed by atoms with van der Waals surface area (Å²) < 4.78 is 0. The highest BCUT2D eigenvalue weighted by molar-refractivity contribution is 7.99. The van der Waals surface area contributed by atoms with E-state index in [9.17, 15) is 5.11 Å². The van der Waals surface area contributed by atoms with Gasteiger partial charge in [-0.15, -0.1) is 11.8 Å². The molecule has 1 atom stereocenters. The summed E-state index contributed by atoms with van der Waals surface area (Å²) in [5.41, 5.74) is 0.681. The minimum absolute atomic E-state index is 0.0577. The van der Waals surface area contributed by atoms with Crippen LogP contribution in [-0.2, 0) is 5.54 Å². The number of nitrogens with zero attached hydrogens (tertiary/aromatic N) is 1. The third-order valence-corrected chi connectivity index (χ3v) is 4.72. The highest BCUT2D eigenvalue weighted by atomic mass is 35.5. The average Bonchev–Trinajstić information content (AvgIpc) is 2.55. The van der Waals surface area contributed by atoms with Crippen molar-refractivity contribution < 1.29 is 5.11 Å². The Labute approximate surface area is 134 Å². The summed E-state index contributed by atoms with van der Waals surface area (Å²) in [5, 5.41) is 14.7. The molecule has 1 aromatic heterocycles. The van der Waals surface area contributed by atoms with Crippen molar-refractivity contribution in [3.8, 4) is 0 Å². The van der Waals surface area contributed by atoms with Crippen LogP contribution in [0, 0.1) is 0 Å². The maximum atomic E-state index is 9.86. The van der Waals surface area contributed by atoms with Gasteiger partial charge in [-0.3, -0.25) is 0 Å². The molecule has 1 heterocycles. The van der Waals surface area contributed by atoms with E-state index in [0.717, 1.165) is 22.8 Å². The zero-order chi connectivity index (χ0) is 15.1. The largest absolute Gasteiger partial charge is 0.394 e. The van der Waals surface area contributed by atoms with Crippen molar-refractivity contribution >= 4 is 23.4 Å². The minimum atomic E-state index is -0.416. The Morgan fingerprint density at radius 1 is 1.24 bits per heavy atom. The molecule has 0 aliphatic heterocycles. The highest BCUT2D eigenvalue weighted by Crippen LogP contribution is 2.28. The Kier molecular flexibility index (Phi) is 6.06. The van der Waals surface area contributed by atoms with Crippen molar-refractivity contribution in [3.05, 3.63) is 59.2 Å². The number of halogens is 1. The number of likely N-dealkylation sites (N-methyl/N-ethyl adjacent to an activating group) is 1. The fraction of sp³-hybridized carbons (Fsp3) is 0.312. The third kappa shape index (κ3) is 4.20. The van der Waals surface area contributed by atoms with Crippen molar-refractivity contribution in [2.24, 2.45) is 0 Å². The summed E-state index contributed by atoms with van der Waals surface area (Å²) in [6.07, 6.45) is 2.46. The van der Waals surface area contributed by atoms with Gasteiger partial charge in [-0.2, -0.15) is 0 Å². The van der Waals surface area contributed by atoms with Gasteiger partial charge in [-0.1, -0.05) is 41.9 Å². The third-order valence-electron chi connectivity index (χ3n) is 3.55. The first-order valence-electron chi connectivity index (χ1n) is 6.80. The van der Waals surface area contributed by atoms with Gasteiger partial charge >= 0.3 is 0 Å². The Morgan fingerprint density at radius 2 is 2.00 bits per heavy atom. The van der Waals surface area contributed by atoms with Crippen LogP contribution in [-0.4, -0.2) is 29.5 Å². The summed E-state index contributed by atoms with van der Waals surface area (Å²) in [6, 6.07) is 13.8. The zero-order valence-electron chi connectivity index (χ0n) is 11.9. The van der Waals surface area contributed by atoms with Gasteiger partial charge < -0.3 is 10.4 Å². The number of nitrogens with one attached hydrogen (secondary N) is 1. The number of thioether (sulfide) groups is 1. The van der Waals surface area contributed by atoms with E-state index < -0.39 is 5.54 Å². The summed E-state index contributed by atoms with van der Waals surface area (Å²) in [5.74, 6) is 0.852. The molecule has 0 radical (unpaired) electrons. The number of pyridine rings is 1. The minimum Gasteiger partial charge on any atom is -0.394 e. The van der Waals surface area contributed by atoms with Gasteiger partial charge in [0.05, 0.1) is 22.2 Å². The second-order valence-corrected chi connectivity index (χ2v) is 6.32. The molecule has 2 rings (SSSR count). The lowest BCUT2D eigenvalue weighted by Crippen LogP contribution is -2.44. The van der Waals surface area contributed by atoms with Crippen LogP contribution in [0.5, 0.6) is 0 Å². The van der Waals surface area contributed by atoms with E-state index in [2.05, 4.69) is 10.3 Å². The Morgan fingerprint density at radius 3 is 2.57 bits per heavy atom. The first-order valence-corrected chi connectivity index (χ1v) is 8.16. The molecule has 0 spiro atoms. The molecule has 0 bridgehead atoms. The molecule has 2 aromatic rings. The fourth-order valence-corrected chi connectivity index (χ4v) is 3.26. The number of aromatic nitrogens is 1. The van der Waals surface area contributed by atoms with Gasteiger partial charge in [-0.05, 0) is 31.2 Å². The van der Waals surface area contributed by atoms with Gasteiger partial charge in [0.15, 0.2) is 0 Å². The maximum absolute atomic E-state index is 9.86. The Bertz CT molecular complexity index is 544. The van der Waals surface area contributed by atoms with Crippen LogP contribution >= 0.6 is 23.4 Å². The number of aliphatic hydroxyl groups is 1. The van der Waals surface area contributed by atoms with Crippen molar-refractivity contribution in [3.63, 3.8) is 0 Å². The van der Waals surface area contributed by atoms with Crippen LogP contribution in [0.2, 0.25) is 5.02 Å². The molecule has 2 N–H and O–H groups in total. The SMILES string of the molecule is CNC(CO)(CCSc1ccc(Cl)cn1)c1ccccc1. The van der Waals surface area contributed by atoms with Crippen molar-refractivity contribution in [1.29, 1.82) is 0 Å². The summed E-state index contributed by atoms with van der Waals surface area (Å²) in [6.45, 7) is 0.0577. The number of hydrogen-bond acceptors (Lipinski definition) is 4. The van der Waals surface area contributed by atoms with Gasteiger partial charge in [0, 0.05) is 11.9 Å². The van der Waals surface area contributed by atoms with E-state index >= 15 is 0 Å². The van der Waals surface area contributed by atoms with Crippen molar-refractivity contribution in [2.45, 2.75) is 17.0 Å². The monoisotopic (exact) mass is 322 g/mol. The van der Waals surface area contributed by atoms with Crippen LogP contribution in [0.25, 0.3) is 0 Å². The van der Waals surface area contributed by atoms with Gasteiger partial charge in [0.1, 0.15) is 0 Å². The number of rotatable bonds is 7. The van der Waals surface area contributed by atoms with E-state index in [1.54, 1.807) is 18.0 Å². The lowest BCUT2D eigenvalue weighted by atomic mass is 9.88. The second kappa shape index (κ2) is 7.80. The highest BCUT2D eigenvalue weighted by Gasteiger charge is 2.29. The molecule has 0 fully saturated rings. The predicted octanol–water partition coefficient (Wildman–Crippen LogP) is 3.32. The normalized spacial score (nSPS) is 13.9. The van der Waals surface area contributed by atoms with Crippen LogP contribution in [0.1, 0.15) is 12.0 Å². The zero-order valence-corrected chi connectivity index (χ0v) is 13.5. The molecular formula is C16H19ClN2OS. The lowest BCUT2D eigenvalue weighted by molar-refractivity contribution is 0.165. The van der Waals surface area contributed by atoms with Gasteiger partial charge in [0.2, 0.25) is 0 Å². The molecule has 21 heavy (non-hydrogen) atoms. The quantitative estimate of drug-likeness (QED) is 0.768. The summed E-state index contributed by atoms with van der Waals surface area (Å²) in [4.78, 5) is 4.27. The molecule has 5 heteroatoms. The Balaban J connectivity index is 2.02. The number of hydrogen-bond donors (Lipinski definition) is 2. The van der Waals surface area contributed by atoms with E-state index in [1.807, 2.05) is 49.5 Å². The molecular weight excluding hydrogens is 304 g/mol. The van der Waals surface area contributed by atoms with Crippen LogP contribution in [0.3, 0.4) is 0 Å². The first-order chi connectivity index (χ1) is 10.2. The van der Waals surface area contributed by atoms with E-state index in [0.29, 0.717) is 5.02 Å². The number of aliphatic hydroxyl groups excluding tert-OH is 1. The molecule has 0 saturated carbocycles. The van der Waals surface area contributed by atoms with Gasteiger partial charge in [0.25, 0.3) is 0 Å². The smallest absolute Gasteiger partial charge is 0.0960 e. The number of benzene rings is 1. The lowest BCUT2D eigenvalue weighted by Gasteiger charge is -2.32. The van der Waals surface area contributed by atoms with E-state index in [4.69, 9.17) is 11.6 Å². The van der Waals surface area contributed by atoms with Crippen LogP contribution < -0.4 is 5.32 Å². The molecule has 0 aliphatic carbocycles. The molecule has 1 aromatic carbocycles. The Hall–Kier alpha value is -1.07. The molecule has 3 nitrogen and oxygen atoms in total.